The topological polar surface area (TPSA) is 114 Å². The second kappa shape index (κ2) is 55.5. The molecule has 0 fully saturated rings. The van der Waals surface area contributed by atoms with Crippen molar-refractivity contribution in [2.24, 2.45) is 0 Å². The maximum absolute atomic E-state index is 13.5. The molecule has 0 heterocycles. The average molecular weight is 1080 g/mol. The smallest absolute Gasteiger partial charge is 0.306 e. The van der Waals surface area contributed by atoms with Crippen LogP contribution in [-0.4, -0.2) is 69.4 Å². The Labute approximate surface area is 466 Å². The summed E-state index contributed by atoms with van der Waals surface area (Å²) in [6.45, 7) is 6.85. The van der Waals surface area contributed by atoms with Crippen LogP contribution in [0.15, 0.2) is 36.5 Å². The second-order valence-electron chi connectivity index (χ2n) is 23.3. The van der Waals surface area contributed by atoms with Crippen molar-refractivity contribution >= 4 is 19.7 Å². The van der Waals surface area contributed by atoms with Gasteiger partial charge in [-0.1, -0.05) is 276 Å². The van der Waals surface area contributed by atoms with Crippen LogP contribution in [0.3, 0.4) is 0 Å². The van der Waals surface area contributed by atoms with Crippen LogP contribution in [0, 0.1) is 0 Å². The zero-order valence-corrected chi connectivity index (χ0v) is 51.4. The number of unbranched alkanes of at least 4 members (excludes halogenated alkanes) is 39. The van der Waals surface area contributed by atoms with Crippen LogP contribution in [0.2, 0.25) is 0 Å². The molecule has 442 valence electrons. The Hall–Kier alpha value is -1.77. The molecule has 0 aromatic heterocycles. The Kier molecular flexibility index (Phi) is 54.2. The first-order chi connectivity index (χ1) is 36.4. The fourth-order valence-electron chi connectivity index (χ4n) is 9.55. The average Bonchev–Trinajstić information content (AvgIpc) is 3.37. The molecule has 0 aliphatic carbocycles. The van der Waals surface area contributed by atoms with Crippen LogP contribution in [0.5, 0.6) is 0 Å². The lowest BCUT2D eigenvalue weighted by Crippen LogP contribution is -2.47. The Morgan fingerprint density at radius 3 is 1.23 bits per heavy atom. The first-order valence-corrected chi connectivity index (χ1v) is 33.8. The largest absolute Gasteiger partial charge is 0.756 e. The molecule has 0 saturated carbocycles. The molecule has 0 aliphatic heterocycles. The molecule has 0 saturated heterocycles. The van der Waals surface area contributed by atoms with Gasteiger partial charge in [-0.2, -0.15) is 0 Å². The third kappa shape index (κ3) is 56.8. The van der Waals surface area contributed by atoms with E-state index in [0.717, 1.165) is 64.2 Å². The van der Waals surface area contributed by atoms with E-state index in [1.807, 2.05) is 33.3 Å². The number of phosphoric ester groups is 1. The van der Waals surface area contributed by atoms with Crippen molar-refractivity contribution in [3.63, 3.8) is 0 Å². The fourth-order valence-corrected chi connectivity index (χ4v) is 10.3. The lowest BCUT2D eigenvalue weighted by molar-refractivity contribution is -0.870. The van der Waals surface area contributed by atoms with E-state index in [9.17, 15) is 19.0 Å². The summed E-state index contributed by atoms with van der Waals surface area (Å²) in [7, 11) is 1.20. The van der Waals surface area contributed by atoms with E-state index in [4.69, 9.17) is 13.8 Å². The van der Waals surface area contributed by atoms with Crippen molar-refractivity contribution in [1.29, 1.82) is 0 Å². The monoisotopic (exact) mass is 1080 g/mol. The molecule has 0 bridgehead atoms. The van der Waals surface area contributed by atoms with Gasteiger partial charge in [0.15, 0.2) is 0 Å². The quantitative estimate of drug-likeness (QED) is 0.0212. The summed E-state index contributed by atoms with van der Waals surface area (Å²) in [4.78, 5) is 39.9. The highest BCUT2D eigenvalue weighted by atomic mass is 31.2. The highest BCUT2D eigenvalue weighted by Gasteiger charge is 2.27. The zero-order valence-electron chi connectivity index (χ0n) is 50.5. The first kappa shape index (κ1) is 73.2. The third-order valence-corrected chi connectivity index (χ3v) is 15.5. The molecule has 10 heteroatoms. The van der Waals surface area contributed by atoms with Gasteiger partial charge in [0.2, 0.25) is 5.91 Å². The van der Waals surface area contributed by atoms with Crippen molar-refractivity contribution in [2.75, 3.05) is 40.9 Å². The Balaban J connectivity index is 5.04. The first-order valence-electron chi connectivity index (χ1n) is 32.3. The Morgan fingerprint density at radius 1 is 0.467 bits per heavy atom. The summed E-state index contributed by atoms with van der Waals surface area (Å²) < 4.78 is 30.3. The molecular weight excluding hydrogens is 952 g/mol. The Morgan fingerprint density at radius 2 is 0.813 bits per heavy atom. The van der Waals surface area contributed by atoms with Gasteiger partial charge in [0, 0.05) is 12.8 Å². The van der Waals surface area contributed by atoms with E-state index in [1.54, 1.807) is 0 Å². The van der Waals surface area contributed by atoms with E-state index < -0.39 is 20.0 Å². The number of phosphoric acid groups is 1. The summed E-state index contributed by atoms with van der Waals surface area (Å²) in [5.41, 5.74) is 0. The third-order valence-electron chi connectivity index (χ3n) is 14.6. The molecule has 0 rings (SSSR count). The summed E-state index contributed by atoms with van der Waals surface area (Å²) in [5, 5.41) is 3.03. The lowest BCUT2D eigenvalue weighted by Gasteiger charge is -2.30. The SMILES string of the molecule is CCCCC/C=C\C/C=C\CCCCCCCCCCCCCCCCCC(=O)OC(/C=C\CCCCCCCCCCCCC)C(COP(=O)([O-])OCC[N+](C)(C)C)NC(=O)CCCCCCCCCCCCC. The van der Waals surface area contributed by atoms with Gasteiger partial charge < -0.3 is 28.5 Å². The van der Waals surface area contributed by atoms with Crippen LogP contribution in [0.4, 0.5) is 0 Å². The lowest BCUT2D eigenvalue weighted by atomic mass is 10.0. The number of carbonyl (C=O) groups excluding carboxylic acids is 2. The predicted molar refractivity (Wildman–Crippen MR) is 321 cm³/mol. The zero-order chi connectivity index (χ0) is 55.0. The minimum absolute atomic E-state index is 0.0192. The molecule has 0 radical (unpaired) electrons. The van der Waals surface area contributed by atoms with Crippen LogP contribution >= 0.6 is 7.82 Å². The summed E-state index contributed by atoms with van der Waals surface area (Å²) in [6.07, 6.45) is 66.9. The molecule has 1 N–H and O–H groups in total. The highest BCUT2D eigenvalue weighted by molar-refractivity contribution is 7.45. The number of quaternary nitrogens is 1. The van der Waals surface area contributed by atoms with Crippen molar-refractivity contribution in [3.05, 3.63) is 36.5 Å². The number of hydrogen-bond donors (Lipinski definition) is 1. The van der Waals surface area contributed by atoms with Gasteiger partial charge in [-0.3, -0.25) is 14.2 Å². The van der Waals surface area contributed by atoms with Gasteiger partial charge in [0.1, 0.15) is 19.3 Å². The van der Waals surface area contributed by atoms with Crippen molar-refractivity contribution < 1.29 is 37.3 Å². The molecule has 3 unspecified atom stereocenters. The van der Waals surface area contributed by atoms with Gasteiger partial charge in [0.05, 0.1) is 33.8 Å². The predicted octanol–water partition coefficient (Wildman–Crippen LogP) is 19.3. The summed E-state index contributed by atoms with van der Waals surface area (Å²) in [6, 6.07) is -0.882. The van der Waals surface area contributed by atoms with E-state index in [2.05, 4.69) is 50.4 Å². The van der Waals surface area contributed by atoms with Gasteiger partial charge in [-0.15, -0.1) is 0 Å². The minimum Gasteiger partial charge on any atom is -0.756 e. The molecule has 1 amide bonds. The molecule has 0 aliphatic rings. The maximum atomic E-state index is 13.5. The Bertz CT molecular complexity index is 1380. The van der Waals surface area contributed by atoms with Crippen LogP contribution in [-0.2, 0) is 27.9 Å². The van der Waals surface area contributed by atoms with Gasteiger partial charge >= 0.3 is 5.97 Å². The van der Waals surface area contributed by atoms with Crippen LogP contribution in [0.1, 0.15) is 316 Å². The number of hydrogen-bond acceptors (Lipinski definition) is 7. The molecule has 3 atom stereocenters. The van der Waals surface area contributed by atoms with E-state index in [-0.39, 0.29) is 31.5 Å². The number of ether oxygens (including phenoxy) is 1. The number of allylic oxidation sites excluding steroid dienone is 5. The van der Waals surface area contributed by atoms with Crippen LogP contribution < -0.4 is 10.2 Å². The summed E-state index contributed by atoms with van der Waals surface area (Å²) in [5.74, 6) is -0.527. The minimum atomic E-state index is -4.69. The van der Waals surface area contributed by atoms with Gasteiger partial charge in [0.25, 0.3) is 7.82 Å². The molecule has 0 spiro atoms. The highest BCUT2D eigenvalue weighted by Crippen LogP contribution is 2.38. The molecule has 0 aromatic carbocycles. The number of rotatable bonds is 59. The van der Waals surface area contributed by atoms with Gasteiger partial charge in [-0.25, -0.2) is 0 Å². The molecule has 75 heavy (non-hydrogen) atoms. The number of esters is 1. The van der Waals surface area contributed by atoms with Crippen molar-refractivity contribution in [3.8, 4) is 0 Å². The number of carbonyl (C=O) groups is 2. The molecular formula is C65H125N2O7P. The van der Waals surface area contributed by atoms with E-state index in [1.165, 1.54) is 218 Å². The van der Waals surface area contributed by atoms with Crippen LogP contribution in [0.25, 0.3) is 0 Å². The number of likely N-dealkylation sites (N-methyl/N-ethyl adjacent to an activating group) is 1. The van der Waals surface area contributed by atoms with E-state index in [0.29, 0.717) is 17.4 Å². The van der Waals surface area contributed by atoms with Gasteiger partial charge in [-0.05, 0) is 63.9 Å². The van der Waals surface area contributed by atoms with Crippen molar-refractivity contribution in [1.82, 2.24) is 5.32 Å². The molecule has 9 nitrogen and oxygen atoms in total. The van der Waals surface area contributed by atoms with E-state index >= 15 is 0 Å². The second-order valence-corrected chi connectivity index (χ2v) is 24.7. The fraction of sp³-hybridized carbons (Fsp3) is 0.877. The standard InChI is InChI=1S/C65H125N2O7P/c1-7-10-13-16-19-22-25-27-28-29-30-31-32-33-34-35-36-37-38-40-43-46-49-52-55-58-65(69)74-63(56-53-50-47-44-42-39-26-23-20-17-14-11-8-2)62(61-73-75(70,71)72-60-59-67(4,5)6)66-64(68)57-54-51-48-45-41-24-21-18-15-12-9-3/h19,22,27-28,53,56,62-63H,7-18,20-21,23-26,29-52,54-55,57-61H2,1-6H3,(H-,66,68,70,71)/b22-19-,28-27-,56-53-. The summed E-state index contributed by atoms with van der Waals surface area (Å²) >= 11 is 0. The molecule has 0 aromatic rings. The number of nitrogens with one attached hydrogen (secondary N) is 1. The normalized spacial score (nSPS) is 13.9. The number of amides is 1. The maximum Gasteiger partial charge on any atom is 0.306 e. The number of nitrogens with zero attached hydrogens (tertiary/aromatic N) is 1. The van der Waals surface area contributed by atoms with Crippen molar-refractivity contribution in [2.45, 2.75) is 328 Å².